The van der Waals surface area contributed by atoms with Crippen LogP contribution in [0.15, 0.2) is 35.2 Å². The standard InChI is InChI=1S/C11H12ClN3O/c1-8(9-3-2-4-10(12)5-9)13-6-11-14-7-16-15-11/h2-5,7-8,13H,6H2,1H3. The van der Waals surface area contributed by atoms with E-state index in [1.807, 2.05) is 24.3 Å². The molecule has 0 aliphatic carbocycles. The van der Waals surface area contributed by atoms with E-state index in [0.29, 0.717) is 12.4 Å². The number of aromatic nitrogens is 2. The van der Waals surface area contributed by atoms with Crippen LogP contribution in [0.5, 0.6) is 0 Å². The molecule has 1 atom stereocenters. The van der Waals surface area contributed by atoms with E-state index in [4.69, 9.17) is 11.6 Å². The van der Waals surface area contributed by atoms with Gasteiger partial charge in [0.2, 0.25) is 6.39 Å². The second-order valence-electron chi connectivity index (χ2n) is 3.51. The van der Waals surface area contributed by atoms with Crippen LogP contribution >= 0.6 is 11.6 Å². The van der Waals surface area contributed by atoms with Crippen LogP contribution in [0, 0.1) is 0 Å². The van der Waals surface area contributed by atoms with Crippen molar-refractivity contribution in [2.45, 2.75) is 19.5 Å². The van der Waals surface area contributed by atoms with E-state index < -0.39 is 0 Å². The summed E-state index contributed by atoms with van der Waals surface area (Å²) in [4.78, 5) is 3.93. The van der Waals surface area contributed by atoms with E-state index in [9.17, 15) is 0 Å². The number of hydrogen-bond acceptors (Lipinski definition) is 4. The molecule has 84 valence electrons. The summed E-state index contributed by atoms with van der Waals surface area (Å²) in [5.41, 5.74) is 1.14. The molecule has 2 rings (SSSR count). The van der Waals surface area contributed by atoms with Crippen LogP contribution in [-0.4, -0.2) is 10.1 Å². The molecule has 1 aromatic carbocycles. The summed E-state index contributed by atoms with van der Waals surface area (Å²) >= 11 is 5.92. The Labute approximate surface area is 98.6 Å². The molecule has 0 aliphatic rings. The minimum atomic E-state index is 0.192. The maximum absolute atomic E-state index is 5.92. The molecule has 1 unspecified atom stereocenters. The zero-order valence-corrected chi connectivity index (χ0v) is 9.61. The molecular formula is C11H12ClN3O. The van der Waals surface area contributed by atoms with Gasteiger partial charge in [0.25, 0.3) is 0 Å². The lowest BCUT2D eigenvalue weighted by atomic mass is 10.1. The second kappa shape index (κ2) is 5.09. The second-order valence-corrected chi connectivity index (χ2v) is 3.94. The number of nitrogens with zero attached hydrogens (tertiary/aromatic N) is 2. The highest BCUT2D eigenvalue weighted by molar-refractivity contribution is 6.30. The molecule has 0 amide bonds. The van der Waals surface area contributed by atoms with Crippen molar-refractivity contribution >= 4 is 11.6 Å². The van der Waals surface area contributed by atoms with Gasteiger partial charge >= 0.3 is 0 Å². The Morgan fingerprint density at radius 1 is 1.50 bits per heavy atom. The number of benzene rings is 1. The number of hydrogen-bond donors (Lipinski definition) is 1. The van der Waals surface area contributed by atoms with Crippen molar-refractivity contribution in [3.8, 4) is 0 Å². The van der Waals surface area contributed by atoms with E-state index in [-0.39, 0.29) is 6.04 Å². The highest BCUT2D eigenvalue weighted by Gasteiger charge is 2.06. The Hall–Kier alpha value is -1.39. The zero-order chi connectivity index (χ0) is 11.4. The van der Waals surface area contributed by atoms with E-state index in [2.05, 4.69) is 26.9 Å². The maximum atomic E-state index is 5.92. The van der Waals surface area contributed by atoms with Crippen molar-refractivity contribution in [1.82, 2.24) is 15.5 Å². The first kappa shape index (κ1) is 11.1. The van der Waals surface area contributed by atoms with Gasteiger partial charge in [-0.2, -0.15) is 4.98 Å². The van der Waals surface area contributed by atoms with E-state index in [1.165, 1.54) is 6.39 Å². The van der Waals surface area contributed by atoms with E-state index >= 15 is 0 Å². The highest BCUT2D eigenvalue weighted by Crippen LogP contribution is 2.17. The molecule has 0 aliphatic heterocycles. The van der Waals surface area contributed by atoms with E-state index in [1.54, 1.807) is 0 Å². The van der Waals surface area contributed by atoms with Crippen molar-refractivity contribution < 1.29 is 4.52 Å². The Bertz CT molecular complexity index is 444. The topological polar surface area (TPSA) is 51.0 Å². The third-order valence-corrected chi connectivity index (χ3v) is 2.56. The average Bonchev–Trinajstić information content (AvgIpc) is 2.78. The summed E-state index contributed by atoms with van der Waals surface area (Å²) in [5.74, 6) is 0.647. The third kappa shape index (κ3) is 2.81. The first-order valence-electron chi connectivity index (χ1n) is 5.00. The van der Waals surface area contributed by atoms with Crippen LogP contribution in [0.4, 0.5) is 0 Å². The van der Waals surface area contributed by atoms with Crippen molar-refractivity contribution in [3.05, 3.63) is 47.1 Å². The number of nitrogens with one attached hydrogen (secondary N) is 1. The van der Waals surface area contributed by atoms with Crippen molar-refractivity contribution in [3.63, 3.8) is 0 Å². The monoisotopic (exact) mass is 237 g/mol. The van der Waals surface area contributed by atoms with Gasteiger partial charge in [0, 0.05) is 11.1 Å². The predicted molar refractivity (Wildman–Crippen MR) is 61.0 cm³/mol. The molecular weight excluding hydrogens is 226 g/mol. The van der Waals surface area contributed by atoms with E-state index in [0.717, 1.165) is 10.6 Å². The SMILES string of the molecule is CC(NCc1ncon1)c1cccc(Cl)c1. The molecule has 5 heteroatoms. The van der Waals surface area contributed by atoms with Gasteiger partial charge in [-0.05, 0) is 24.6 Å². The van der Waals surface area contributed by atoms with Gasteiger partial charge in [0.15, 0.2) is 5.82 Å². The summed E-state index contributed by atoms with van der Waals surface area (Å²) in [7, 11) is 0. The quantitative estimate of drug-likeness (QED) is 0.888. The molecule has 1 heterocycles. The summed E-state index contributed by atoms with van der Waals surface area (Å²) in [6.45, 7) is 2.63. The Morgan fingerprint density at radius 2 is 2.38 bits per heavy atom. The van der Waals surface area contributed by atoms with Crippen molar-refractivity contribution in [2.75, 3.05) is 0 Å². The summed E-state index contributed by atoms with van der Waals surface area (Å²) in [6.07, 6.45) is 1.32. The highest BCUT2D eigenvalue weighted by atomic mass is 35.5. The third-order valence-electron chi connectivity index (χ3n) is 2.32. The Kier molecular flexibility index (Phi) is 3.54. The van der Waals surface area contributed by atoms with Crippen LogP contribution in [-0.2, 0) is 6.54 Å². The lowest BCUT2D eigenvalue weighted by Gasteiger charge is -2.12. The van der Waals surface area contributed by atoms with Crippen LogP contribution in [0.25, 0.3) is 0 Å². The zero-order valence-electron chi connectivity index (χ0n) is 8.85. The molecule has 0 saturated heterocycles. The summed E-state index contributed by atoms with van der Waals surface area (Å²) in [6, 6.07) is 7.95. The van der Waals surface area contributed by atoms with Crippen LogP contribution in [0.2, 0.25) is 5.02 Å². The molecule has 1 N–H and O–H groups in total. The Morgan fingerprint density at radius 3 is 3.06 bits per heavy atom. The van der Waals surface area contributed by atoms with Gasteiger partial charge in [0.05, 0.1) is 6.54 Å². The van der Waals surface area contributed by atoms with Crippen LogP contribution in [0.3, 0.4) is 0 Å². The molecule has 0 saturated carbocycles. The fourth-order valence-electron chi connectivity index (χ4n) is 1.41. The van der Waals surface area contributed by atoms with Crippen molar-refractivity contribution in [1.29, 1.82) is 0 Å². The fraction of sp³-hybridized carbons (Fsp3) is 0.273. The lowest BCUT2D eigenvalue weighted by Crippen LogP contribution is -2.18. The predicted octanol–water partition coefficient (Wildman–Crippen LogP) is 2.57. The Balaban J connectivity index is 1.95. The lowest BCUT2D eigenvalue weighted by molar-refractivity contribution is 0.405. The smallest absolute Gasteiger partial charge is 0.213 e. The molecule has 2 aromatic rings. The number of rotatable bonds is 4. The molecule has 4 nitrogen and oxygen atoms in total. The summed E-state index contributed by atoms with van der Waals surface area (Å²) < 4.78 is 4.65. The molecule has 16 heavy (non-hydrogen) atoms. The number of halogens is 1. The van der Waals surface area contributed by atoms with Gasteiger partial charge in [-0.15, -0.1) is 0 Å². The first-order valence-corrected chi connectivity index (χ1v) is 5.37. The van der Waals surface area contributed by atoms with Crippen LogP contribution < -0.4 is 5.32 Å². The largest absolute Gasteiger partial charge is 0.343 e. The van der Waals surface area contributed by atoms with Crippen LogP contribution in [0.1, 0.15) is 24.4 Å². The minimum absolute atomic E-state index is 0.192. The van der Waals surface area contributed by atoms with Gasteiger partial charge in [-0.1, -0.05) is 28.9 Å². The van der Waals surface area contributed by atoms with Crippen molar-refractivity contribution in [2.24, 2.45) is 0 Å². The molecule has 0 fully saturated rings. The average molecular weight is 238 g/mol. The van der Waals surface area contributed by atoms with Gasteiger partial charge in [-0.25, -0.2) is 0 Å². The first-order chi connectivity index (χ1) is 7.75. The molecule has 0 bridgehead atoms. The van der Waals surface area contributed by atoms with Gasteiger partial charge < -0.3 is 9.84 Å². The maximum Gasteiger partial charge on any atom is 0.213 e. The fourth-order valence-corrected chi connectivity index (χ4v) is 1.61. The minimum Gasteiger partial charge on any atom is -0.343 e. The van der Waals surface area contributed by atoms with Gasteiger partial charge in [-0.3, -0.25) is 0 Å². The normalized spacial score (nSPS) is 12.6. The van der Waals surface area contributed by atoms with Gasteiger partial charge in [0.1, 0.15) is 0 Å². The molecule has 1 aromatic heterocycles. The summed E-state index contributed by atoms with van der Waals surface area (Å²) in [5, 5.41) is 7.75. The molecule has 0 radical (unpaired) electrons. The molecule has 0 spiro atoms.